The number of halogens is 3. The van der Waals surface area contributed by atoms with Gasteiger partial charge in [-0.05, 0) is 42.8 Å². The number of ether oxygens (including phenoxy) is 3. The van der Waals surface area contributed by atoms with Gasteiger partial charge in [-0.15, -0.1) is 0 Å². The van der Waals surface area contributed by atoms with Gasteiger partial charge in [0.1, 0.15) is 17.2 Å². The van der Waals surface area contributed by atoms with E-state index in [1.165, 1.54) is 0 Å². The van der Waals surface area contributed by atoms with Gasteiger partial charge < -0.3 is 24.6 Å². The topological polar surface area (TPSA) is 77.0 Å². The quantitative estimate of drug-likeness (QED) is 0.318. The molecule has 0 amide bonds. The summed E-state index contributed by atoms with van der Waals surface area (Å²) in [5, 5.41) is 12.3. The first-order valence-corrected chi connectivity index (χ1v) is 22.3. The normalized spacial score (nSPS) is 11.3. The number of methoxy groups -OCH3 is 3. The second-order valence-corrected chi connectivity index (χ2v) is 41.4. The molecule has 6 nitrogen and oxygen atoms in total. The van der Waals surface area contributed by atoms with Crippen molar-refractivity contribution in [2.45, 2.75) is 18.9 Å². The van der Waals surface area contributed by atoms with E-state index in [0.29, 0.717) is 17.9 Å². The van der Waals surface area contributed by atoms with E-state index < -0.39 is 5.97 Å². The van der Waals surface area contributed by atoms with Gasteiger partial charge in [-0.1, -0.05) is 12.1 Å². The molecule has 0 saturated heterocycles. The van der Waals surface area contributed by atoms with E-state index in [-0.39, 0.29) is 17.4 Å². The van der Waals surface area contributed by atoms with Crippen LogP contribution >= 0.6 is 59.9 Å². The van der Waals surface area contributed by atoms with Crippen molar-refractivity contribution in [2.24, 2.45) is 0 Å². The SMILES string of the molecule is CNC(c1ccc(OC)cc1)c1cc(CCC(=O)O)c(OC)cc1OC.[I][V]([I])[I]. The molecule has 0 radical (unpaired) electrons. The summed E-state index contributed by atoms with van der Waals surface area (Å²) in [5.74, 6) is 1.24. The summed E-state index contributed by atoms with van der Waals surface area (Å²) < 4.78 is 16.2. The fourth-order valence-electron chi connectivity index (χ4n) is 2.95. The maximum atomic E-state index is 11.0. The van der Waals surface area contributed by atoms with Gasteiger partial charge in [0.25, 0.3) is 0 Å². The fourth-order valence-corrected chi connectivity index (χ4v) is 2.95. The van der Waals surface area contributed by atoms with E-state index in [4.69, 9.17) is 19.3 Å². The number of nitrogens with one attached hydrogen (secondary N) is 1. The van der Waals surface area contributed by atoms with Crippen LogP contribution < -0.4 is 19.5 Å². The number of rotatable bonds is 9. The van der Waals surface area contributed by atoms with E-state index >= 15 is 0 Å². The van der Waals surface area contributed by atoms with Crippen LogP contribution in [0.1, 0.15) is 29.2 Å². The maximum absolute atomic E-state index is 11.0. The van der Waals surface area contributed by atoms with Gasteiger partial charge in [0.2, 0.25) is 0 Å². The van der Waals surface area contributed by atoms with Crippen molar-refractivity contribution in [3.8, 4) is 17.2 Å². The molecule has 2 rings (SSSR count). The Bertz CT molecular complexity index is 803. The summed E-state index contributed by atoms with van der Waals surface area (Å²) in [7, 11) is 6.68. The third-order valence-corrected chi connectivity index (χ3v) is 4.29. The molecule has 0 aliphatic rings. The average molecular weight is 791 g/mol. The van der Waals surface area contributed by atoms with Crippen molar-refractivity contribution in [3.63, 3.8) is 0 Å². The molecule has 30 heavy (non-hydrogen) atoms. The Morgan fingerprint density at radius 2 is 1.60 bits per heavy atom. The van der Waals surface area contributed by atoms with Gasteiger partial charge in [-0.25, -0.2) is 0 Å². The monoisotopic (exact) mass is 791 g/mol. The second-order valence-electron chi connectivity index (χ2n) is 5.99. The molecule has 166 valence electrons. The van der Waals surface area contributed by atoms with Crippen molar-refractivity contribution < 1.29 is 29.0 Å². The van der Waals surface area contributed by atoms with E-state index in [0.717, 1.165) is 22.4 Å². The van der Waals surface area contributed by atoms with Crippen molar-refractivity contribution in [1.29, 1.82) is 0 Å². The predicted molar refractivity (Wildman–Crippen MR) is 141 cm³/mol. The molecule has 0 fully saturated rings. The number of aryl methyl sites for hydroxylation is 1. The summed E-state index contributed by atoms with van der Waals surface area (Å²) in [6.07, 6.45) is 0.420. The van der Waals surface area contributed by atoms with Crippen molar-refractivity contribution in [1.82, 2.24) is 5.32 Å². The molecule has 2 aromatic carbocycles. The zero-order chi connectivity index (χ0) is 22.7. The number of hydrogen-bond acceptors (Lipinski definition) is 5. The van der Waals surface area contributed by atoms with E-state index in [1.807, 2.05) is 37.4 Å². The van der Waals surface area contributed by atoms with E-state index in [2.05, 4.69) is 65.3 Å². The Labute approximate surface area is 215 Å². The van der Waals surface area contributed by atoms with Crippen LogP contribution in [0.25, 0.3) is 0 Å². The Morgan fingerprint density at radius 3 is 2.03 bits per heavy atom. The third-order valence-electron chi connectivity index (χ3n) is 4.29. The average Bonchev–Trinajstić information content (AvgIpc) is 2.72. The van der Waals surface area contributed by atoms with Crippen molar-refractivity contribution in [2.75, 3.05) is 28.4 Å². The number of aliphatic carboxylic acids is 1. The number of hydrogen-bond donors (Lipinski definition) is 2. The van der Waals surface area contributed by atoms with Crippen LogP contribution in [0.5, 0.6) is 17.2 Å². The van der Waals surface area contributed by atoms with Crippen molar-refractivity contribution >= 4 is 65.9 Å². The summed E-state index contributed by atoms with van der Waals surface area (Å²) in [4.78, 5) is 10.7. The first kappa shape index (κ1) is 28.1. The number of benzene rings is 2. The molecular formula is C20H25I3NO5V. The van der Waals surface area contributed by atoms with Crippen LogP contribution in [0, 0.1) is 0 Å². The van der Waals surface area contributed by atoms with Gasteiger partial charge >= 0.3 is 70.8 Å². The van der Waals surface area contributed by atoms with E-state index in [1.54, 1.807) is 27.4 Å². The summed E-state index contributed by atoms with van der Waals surface area (Å²) in [5.41, 5.74) is 2.79. The Hall–Kier alpha value is 0.0444. The van der Waals surface area contributed by atoms with Crippen LogP contribution in [0.3, 0.4) is 0 Å². The minimum absolute atomic E-state index is 0.0366. The molecule has 2 aromatic rings. The molecule has 0 aromatic heterocycles. The van der Waals surface area contributed by atoms with Crippen LogP contribution in [0.4, 0.5) is 0 Å². The van der Waals surface area contributed by atoms with Gasteiger partial charge in [0.15, 0.2) is 0 Å². The van der Waals surface area contributed by atoms with Gasteiger partial charge in [0.05, 0.1) is 27.4 Å². The zero-order valence-electron chi connectivity index (χ0n) is 17.1. The molecule has 2 N–H and O–H groups in total. The molecule has 1 atom stereocenters. The third kappa shape index (κ3) is 9.27. The molecule has 0 bridgehead atoms. The molecule has 0 saturated carbocycles. The Morgan fingerprint density at radius 1 is 1.03 bits per heavy atom. The predicted octanol–water partition coefficient (Wildman–Crippen LogP) is 5.69. The van der Waals surface area contributed by atoms with Crippen LogP contribution in [-0.4, -0.2) is 39.5 Å². The molecule has 10 heteroatoms. The Kier molecular flexibility index (Phi) is 14.0. The first-order chi connectivity index (χ1) is 14.3. The molecule has 1 unspecified atom stereocenters. The molecule has 0 aliphatic heterocycles. The molecule has 0 heterocycles. The number of carboxylic acid groups (broad SMARTS) is 1. The summed E-state index contributed by atoms with van der Waals surface area (Å²) in [6.45, 7) is 0. The molecule has 0 aliphatic carbocycles. The summed E-state index contributed by atoms with van der Waals surface area (Å²) >= 11 is 7.39. The standard InChI is InChI=1S/C20H25NO5.3HI.V/c1-21-20(13-5-8-15(24-2)9-6-13)16-11-14(7-10-19(22)23)17(25-3)12-18(16)26-4;;;;/h5-6,8-9,11-12,20-21H,7,10H2,1-4H3,(H,22,23);3*1H;/q;;;;+3/p-3. The van der Waals surface area contributed by atoms with Crippen LogP contribution in [0.2, 0.25) is 0 Å². The fraction of sp³-hybridized carbons (Fsp3) is 0.350. The Balaban J connectivity index is 0.00000103. The van der Waals surface area contributed by atoms with Crippen molar-refractivity contribution in [3.05, 3.63) is 53.1 Å². The van der Waals surface area contributed by atoms with Crippen LogP contribution in [0.15, 0.2) is 36.4 Å². The van der Waals surface area contributed by atoms with E-state index in [9.17, 15) is 4.79 Å². The van der Waals surface area contributed by atoms with Crippen LogP contribution in [-0.2, 0) is 16.1 Å². The van der Waals surface area contributed by atoms with Gasteiger partial charge in [-0.2, -0.15) is 0 Å². The van der Waals surface area contributed by atoms with Gasteiger partial charge in [0, 0.05) is 18.1 Å². The molecule has 0 spiro atoms. The number of carbonyl (C=O) groups is 1. The minimum atomic E-state index is -0.843. The first-order valence-electron chi connectivity index (χ1n) is 8.82. The molecular weight excluding hydrogens is 766 g/mol. The van der Waals surface area contributed by atoms with Gasteiger partial charge in [-0.3, -0.25) is 4.79 Å². The summed E-state index contributed by atoms with van der Waals surface area (Å²) in [6, 6.07) is 11.4. The second kappa shape index (κ2) is 15.0. The number of carboxylic acids is 1. The zero-order valence-corrected chi connectivity index (χ0v) is 25.0.